The van der Waals surface area contributed by atoms with Gasteiger partial charge >= 0.3 is 0 Å². The van der Waals surface area contributed by atoms with Crippen molar-refractivity contribution in [2.45, 2.75) is 5.25 Å². The summed E-state index contributed by atoms with van der Waals surface area (Å²) in [5, 5.41) is 13.8. The molecule has 0 aliphatic heterocycles. The summed E-state index contributed by atoms with van der Waals surface area (Å²) in [6.07, 6.45) is 1.44. The second-order valence-corrected chi connectivity index (χ2v) is 7.31. The van der Waals surface area contributed by atoms with E-state index >= 15 is 0 Å². The molecule has 0 saturated carbocycles. The molecule has 1 aliphatic carbocycles. The van der Waals surface area contributed by atoms with Crippen molar-refractivity contribution in [1.29, 1.82) is 0 Å². The number of hydrogen-bond acceptors (Lipinski definition) is 4. The molecular formula is C22H18N2O2S. The first-order valence-corrected chi connectivity index (χ1v) is 9.68. The number of aromatic hydroxyl groups is 1. The van der Waals surface area contributed by atoms with Crippen molar-refractivity contribution in [2.75, 3.05) is 5.75 Å². The molecule has 3 aromatic carbocycles. The molecule has 0 bridgehead atoms. The highest BCUT2D eigenvalue weighted by atomic mass is 32.2. The number of hydrazone groups is 1. The van der Waals surface area contributed by atoms with Gasteiger partial charge in [0.05, 0.1) is 17.2 Å². The number of phenols is 1. The maximum atomic E-state index is 12.2. The van der Waals surface area contributed by atoms with Crippen molar-refractivity contribution in [3.05, 3.63) is 89.5 Å². The Kier molecular flexibility index (Phi) is 4.94. The second-order valence-electron chi connectivity index (χ2n) is 6.22. The summed E-state index contributed by atoms with van der Waals surface area (Å²) >= 11 is 1.59. The van der Waals surface area contributed by atoms with Crippen LogP contribution in [0, 0.1) is 0 Å². The van der Waals surface area contributed by atoms with Crippen LogP contribution >= 0.6 is 11.8 Å². The molecule has 0 spiro atoms. The molecule has 134 valence electrons. The third-order valence-electron chi connectivity index (χ3n) is 4.49. The van der Waals surface area contributed by atoms with E-state index in [1.165, 1.54) is 28.5 Å². The lowest BCUT2D eigenvalue weighted by molar-refractivity contribution is -0.118. The summed E-state index contributed by atoms with van der Waals surface area (Å²) in [5.41, 5.74) is 8.06. The summed E-state index contributed by atoms with van der Waals surface area (Å²) in [6, 6.07) is 23.5. The van der Waals surface area contributed by atoms with Crippen molar-refractivity contribution in [2.24, 2.45) is 5.10 Å². The van der Waals surface area contributed by atoms with E-state index in [-0.39, 0.29) is 16.9 Å². The molecule has 3 aromatic rings. The quantitative estimate of drug-likeness (QED) is 0.516. The summed E-state index contributed by atoms with van der Waals surface area (Å²) in [4.78, 5) is 12.2. The molecule has 1 aliphatic rings. The summed E-state index contributed by atoms with van der Waals surface area (Å²) in [6.45, 7) is 0. The van der Waals surface area contributed by atoms with E-state index in [0.717, 1.165) is 0 Å². The Morgan fingerprint density at radius 3 is 2.22 bits per heavy atom. The van der Waals surface area contributed by atoms with Gasteiger partial charge in [-0.15, -0.1) is 11.8 Å². The minimum Gasteiger partial charge on any atom is -0.507 e. The molecule has 0 fully saturated rings. The predicted octanol–water partition coefficient (Wildman–Crippen LogP) is 4.35. The predicted molar refractivity (Wildman–Crippen MR) is 110 cm³/mol. The number of nitrogens with one attached hydrogen (secondary N) is 1. The van der Waals surface area contributed by atoms with E-state index in [9.17, 15) is 9.90 Å². The lowest BCUT2D eigenvalue weighted by atomic mass is 10.1. The lowest BCUT2D eigenvalue weighted by Crippen LogP contribution is -2.20. The standard InChI is InChI=1S/C22H18N2O2S/c25-20-12-6-1-7-15(20)13-23-24-21(26)14-27-22-18-10-4-2-8-16(18)17-9-3-5-11-19(17)22/h1-13,22,25H,14H2,(H,24,26). The number of phenolic OH excluding ortho intramolecular Hbond substituents is 1. The van der Waals surface area contributed by atoms with Gasteiger partial charge in [-0.25, -0.2) is 5.43 Å². The maximum absolute atomic E-state index is 12.2. The number of fused-ring (bicyclic) bond motifs is 3. The molecular weight excluding hydrogens is 356 g/mol. The highest BCUT2D eigenvalue weighted by Gasteiger charge is 2.28. The number of rotatable bonds is 5. The Morgan fingerprint density at radius 2 is 1.56 bits per heavy atom. The average molecular weight is 374 g/mol. The SMILES string of the molecule is O=C(CSC1c2ccccc2-c2ccccc21)NN=Cc1ccccc1O. The van der Waals surface area contributed by atoms with Crippen LogP contribution in [-0.4, -0.2) is 23.0 Å². The number of para-hydroxylation sites is 1. The van der Waals surface area contributed by atoms with Crippen LogP contribution < -0.4 is 5.43 Å². The van der Waals surface area contributed by atoms with Gasteiger partial charge in [0.1, 0.15) is 5.75 Å². The van der Waals surface area contributed by atoms with E-state index < -0.39 is 0 Å². The normalized spacial score (nSPS) is 12.7. The van der Waals surface area contributed by atoms with Crippen LogP contribution in [0.5, 0.6) is 5.75 Å². The minimum atomic E-state index is -0.173. The highest BCUT2D eigenvalue weighted by Crippen LogP contribution is 2.49. The zero-order chi connectivity index (χ0) is 18.6. The van der Waals surface area contributed by atoms with Crippen molar-refractivity contribution in [1.82, 2.24) is 5.43 Å². The fourth-order valence-electron chi connectivity index (χ4n) is 3.25. The first-order valence-electron chi connectivity index (χ1n) is 8.64. The molecule has 5 heteroatoms. The Bertz CT molecular complexity index is 971. The van der Waals surface area contributed by atoms with Gasteiger partial charge in [-0.1, -0.05) is 60.7 Å². The number of benzene rings is 3. The van der Waals surface area contributed by atoms with Crippen LogP contribution in [-0.2, 0) is 4.79 Å². The highest BCUT2D eigenvalue weighted by molar-refractivity contribution is 8.00. The van der Waals surface area contributed by atoms with E-state index in [1.807, 2.05) is 24.3 Å². The minimum absolute atomic E-state index is 0.129. The van der Waals surface area contributed by atoms with Crippen LogP contribution in [0.1, 0.15) is 21.9 Å². The summed E-state index contributed by atoms with van der Waals surface area (Å²) < 4.78 is 0. The van der Waals surface area contributed by atoms with Gasteiger partial charge in [0, 0.05) is 5.56 Å². The Morgan fingerprint density at radius 1 is 0.963 bits per heavy atom. The van der Waals surface area contributed by atoms with E-state index in [4.69, 9.17) is 0 Å². The zero-order valence-electron chi connectivity index (χ0n) is 14.5. The van der Waals surface area contributed by atoms with Gasteiger partial charge in [-0.05, 0) is 34.4 Å². The van der Waals surface area contributed by atoms with Crippen LogP contribution in [0.15, 0.2) is 77.9 Å². The topological polar surface area (TPSA) is 61.7 Å². The molecule has 1 amide bonds. The number of nitrogens with zero attached hydrogens (tertiary/aromatic N) is 1. The molecule has 0 saturated heterocycles. The fourth-order valence-corrected chi connectivity index (χ4v) is 4.40. The smallest absolute Gasteiger partial charge is 0.250 e. The van der Waals surface area contributed by atoms with Gasteiger partial charge in [0.15, 0.2) is 0 Å². The van der Waals surface area contributed by atoms with E-state index in [1.54, 1.807) is 36.0 Å². The first kappa shape index (κ1) is 17.4. The lowest BCUT2D eigenvalue weighted by Gasteiger charge is -2.12. The van der Waals surface area contributed by atoms with Gasteiger partial charge in [-0.2, -0.15) is 5.10 Å². The Hall–Kier alpha value is -3.05. The molecule has 4 nitrogen and oxygen atoms in total. The largest absolute Gasteiger partial charge is 0.507 e. The monoisotopic (exact) mass is 374 g/mol. The van der Waals surface area contributed by atoms with E-state index in [2.05, 4.69) is 34.8 Å². The number of carbonyl (C=O) groups excluding carboxylic acids is 1. The van der Waals surface area contributed by atoms with Gasteiger partial charge < -0.3 is 5.11 Å². The number of carbonyl (C=O) groups is 1. The molecule has 0 unspecified atom stereocenters. The number of thioether (sulfide) groups is 1. The van der Waals surface area contributed by atoms with Crippen molar-refractivity contribution < 1.29 is 9.90 Å². The Balaban J connectivity index is 1.42. The Labute approximate surface area is 161 Å². The van der Waals surface area contributed by atoms with Crippen LogP contribution in [0.2, 0.25) is 0 Å². The number of hydrogen-bond donors (Lipinski definition) is 2. The maximum Gasteiger partial charge on any atom is 0.250 e. The molecule has 0 aromatic heterocycles. The van der Waals surface area contributed by atoms with E-state index in [0.29, 0.717) is 11.3 Å². The molecule has 2 N–H and O–H groups in total. The van der Waals surface area contributed by atoms with Crippen molar-refractivity contribution in [3.63, 3.8) is 0 Å². The second kappa shape index (κ2) is 7.68. The molecule has 0 heterocycles. The van der Waals surface area contributed by atoms with Crippen LogP contribution in [0.4, 0.5) is 0 Å². The molecule has 4 rings (SSSR count). The first-order chi connectivity index (χ1) is 13.2. The van der Waals surface area contributed by atoms with Crippen molar-refractivity contribution in [3.8, 4) is 16.9 Å². The summed E-state index contributed by atoms with van der Waals surface area (Å²) in [5.74, 6) is 0.253. The van der Waals surface area contributed by atoms with Gasteiger partial charge in [0.2, 0.25) is 5.91 Å². The average Bonchev–Trinajstić information content (AvgIpc) is 3.02. The third-order valence-corrected chi connectivity index (χ3v) is 5.76. The molecule has 0 atom stereocenters. The fraction of sp³-hybridized carbons (Fsp3) is 0.0909. The van der Waals surface area contributed by atoms with Gasteiger partial charge in [0.25, 0.3) is 0 Å². The van der Waals surface area contributed by atoms with Gasteiger partial charge in [-0.3, -0.25) is 4.79 Å². The zero-order valence-corrected chi connectivity index (χ0v) is 15.3. The van der Waals surface area contributed by atoms with Crippen molar-refractivity contribution >= 4 is 23.9 Å². The third kappa shape index (κ3) is 3.59. The summed E-state index contributed by atoms with van der Waals surface area (Å²) in [7, 11) is 0. The molecule has 0 radical (unpaired) electrons. The van der Waals surface area contributed by atoms with Crippen LogP contribution in [0.25, 0.3) is 11.1 Å². The van der Waals surface area contributed by atoms with Crippen LogP contribution in [0.3, 0.4) is 0 Å². The molecule has 27 heavy (non-hydrogen) atoms. The number of amides is 1.